The van der Waals surface area contributed by atoms with E-state index in [2.05, 4.69) is 5.32 Å². The molecule has 0 radical (unpaired) electrons. The highest BCUT2D eigenvalue weighted by molar-refractivity contribution is 5.52. The van der Waals surface area contributed by atoms with Crippen LogP contribution in [0, 0.1) is 5.92 Å². The third-order valence-corrected chi connectivity index (χ3v) is 3.67. The molecule has 2 aliphatic heterocycles. The van der Waals surface area contributed by atoms with E-state index < -0.39 is 0 Å². The van der Waals surface area contributed by atoms with Crippen molar-refractivity contribution < 1.29 is 14.6 Å². The van der Waals surface area contributed by atoms with Crippen molar-refractivity contribution in [3.8, 4) is 17.2 Å². The Morgan fingerprint density at radius 3 is 2.78 bits per heavy atom. The van der Waals surface area contributed by atoms with Gasteiger partial charge in [-0.05, 0) is 44.3 Å². The van der Waals surface area contributed by atoms with E-state index in [9.17, 15) is 5.11 Å². The second kappa shape index (κ2) is 5.06. The molecule has 18 heavy (non-hydrogen) atoms. The molecule has 2 N–H and O–H groups in total. The van der Waals surface area contributed by atoms with Crippen LogP contribution in [-0.2, 0) is 6.42 Å². The molecule has 0 unspecified atom stereocenters. The molecule has 2 heterocycles. The fourth-order valence-corrected chi connectivity index (χ4v) is 2.76. The average Bonchev–Trinajstić information content (AvgIpc) is 2.40. The van der Waals surface area contributed by atoms with Gasteiger partial charge in [0.15, 0.2) is 11.5 Å². The summed E-state index contributed by atoms with van der Waals surface area (Å²) in [4.78, 5) is 0. The van der Waals surface area contributed by atoms with Gasteiger partial charge in [0, 0.05) is 11.6 Å². The van der Waals surface area contributed by atoms with Crippen LogP contribution < -0.4 is 14.8 Å². The fourth-order valence-electron chi connectivity index (χ4n) is 2.76. The van der Waals surface area contributed by atoms with Crippen molar-refractivity contribution in [2.24, 2.45) is 5.92 Å². The molecule has 4 nitrogen and oxygen atoms in total. The van der Waals surface area contributed by atoms with Crippen LogP contribution in [0.2, 0.25) is 0 Å². The van der Waals surface area contributed by atoms with Gasteiger partial charge >= 0.3 is 0 Å². The normalized spacial score (nSPS) is 19.8. The van der Waals surface area contributed by atoms with E-state index in [0.717, 1.165) is 30.8 Å². The first-order valence-electron chi connectivity index (χ1n) is 6.65. The van der Waals surface area contributed by atoms with E-state index in [1.807, 2.05) is 6.07 Å². The molecule has 1 fully saturated rings. The van der Waals surface area contributed by atoms with Gasteiger partial charge in [-0.15, -0.1) is 0 Å². The first-order valence-corrected chi connectivity index (χ1v) is 6.65. The second-order valence-corrected chi connectivity index (χ2v) is 5.03. The van der Waals surface area contributed by atoms with Crippen molar-refractivity contribution in [3.63, 3.8) is 0 Å². The predicted molar refractivity (Wildman–Crippen MR) is 68.4 cm³/mol. The minimum Gasteiger partial charge on any atom is -0.508 e. The highest BCUT2D eigenvalue weighted by atomic mass is 16.6. The van der Waals surface area contributed by atoms with Crippen molar-refractivity contribution in [3.05, 3.63) is 17.7 Å². The monoisotopic (exact) mass is 249 g/mol. The molecular formula is C14H19NO3. The molecule has 0 aromatic heterocycles. The summed E-state index contributed by atoms with van der Waals surface area (Å²) >= 11 is 0. The minimum absolute atomic E-state index is 0.267. The van der Waals surface area contributed by atoms with Crippen LogP contribution >= 0.6 is 0 Å². The Balaban J connectivity index is 1.83. The number of ether oxygens (including phenoxy) is 2. The SMILES string of the molecule is Oc1cc(CC2CCNCC2)c2c(c1)OCCO2. The number of fused-ring (bicyclic) bond motifs is 1. The van der Waals surface area contributed by atoms with Crippen LogP contribution in [-0.4, -0.2) is 31.4 Å². The van der Waals surface area contributed by atoms with E-state index in [-0.39, 0.29) is 5.75 Å². The van der Waals surface area contributed by atoms with Crippen molar-refractivity contribution in [2.75, 3.05) is 26.3 Å². The van der Waals surface area contributed by atoms with Gasteiger partial charge in [-0.2, -0.15) is 0 Å². The maximum Gasteiger partial charge on any atom is 0.165 e. The molecule has 1 aromatic rings. The van der Waals surface area contributed by atoms with Gasteiger partial charge in [-0.1, -0.05) is 0 Å². The summed E-state index contributed by atoms with van der Waals surface area (Å²) in [5, 5.41) is 13.1. The summed E-state index contributed by atoms with van der Waals surface area (Å²) < 4.78 is 11.2. The molecule has 0 saturated carbocycles. The number of hydrogen-bond acceptors (Lipinski definition) is 4. The van der Waals surface area contributed by atoms with Gasteiger partial charge in [0.1, 0.15) is 19.0 Å². The Kier molecular flexibility index (Phi) is 3.28. The molecule has 0 aliphatic carbocycles. The summed E-state index contributed by atoms with van der Waals surface area (Å²) in [6, 6.07) is 3.45. The van der Waals surface area contributed by atoms with E-state index in [1.54, 1.807) is 6.07 Å². The molecule has 4 heteroatoms. The number of hydrogen-bond donors (Lipinski definition) is 2. The maximum absolute atomic E-state index is 9.75. The van der Waals surface area contributed by atoms with Crippen LogP contribution in [0.4, 0.5) is 0 Å². The molecule has 98 valence electrons. The lowest BCUT2D eigenvalue weighted by Crippen LogP contribution is -2.29. The number of piperidine rings is 1. The van der Waals surface area contributed by atoms with Crippen molar-refractivity contribution in [2.45, 2.75) is 19.3 Å². The number of rotatable bonds is 2. The molecule has 2 aliphatic rings. The average molecular weight is 249 g/mol. The van der Waals surface area contributed by atoms with Crippen molar-refractivity contribution in [1.82, 2.24) is 5.32 Å². The number of benzene rings is 1. The lowest BCUT2D eigenvalue weighted by Gasteiger charge is -2.26. The number of nitrogens with one attached hydrogen (secondary N) is 1. The molecule has 0 atom stereocenters. The first kappa shape index (κ1) is 11.7. The van der Waals surface area contributed by atoms with E-state index in [0.29, 0.717) is 24.9 Å². The van der Waals surface area contributed by atoms with Gasteiger partial charge in [0.25, 0.3) is 0 Å². The van der Waals surface area contributed by atoms with Crippen LogP contribution in [0.15, 0.2) is 12.1 Å². The Morgan fingerprint density at radius 2 is 1.94 bits per heavy atom. The van der Waals surface area contributed by atoms with Gasteiger partial charge in [-0.3, -0.25) is 0 Å². The number of phenolic OH excluding ortho intramolecular Hbond substituents is 1. The molecule has 0 bridgehead atoms. The Hall–Kier alpha value is -1.42. The highest BCUT2D eigenvalue weighted by Crippen LogP contribution is 2.39. The lowest BCUT2D eigenvalue weighted by molar-refractivity contribution is 0.168. The van der Waals surface area contributed by atoms with E-state index in [4.69, 9.17) is 9.47 Å². The van der Waals surface area contributed by atoms with Crippen LogP contribution in [0.25, 0.3) is 0 Å². The van der Waals surface area contributed by atoms with Gasteiger partial charge < -0.3 is 19.9 Å². The predicted octanol–water partition coefficient (Wildman–Crippen LogP) is 1.71. The topological polar surface area (TPSA) is 50.7 Å². The Bertz CT molecular complexity index is 427. The summed E-state index contributed by atoms with van der Waals surface area (Å²) in [6.07, 6.45) is 3.33. The van der Waals surface area contributed by atoms with Gasteiger partial charge in [-0.25, -0.2) is 0 Å². The summed E-state index contributed by atoms with van der Waals surface area (Å²) in [6.45, 7) is 3.33. The lowest BCUT2D eigenvalue weighted by atomic mass is 9.90. The third-order valence-electron chi connectivity index (χ3n) is 3.67. The van der Waals surface area contributed by atoms with Crippen LogP contribution in [0.5, 0.6) is 17.2 Å². The van der Waals surface area contributed by atoms with Gasteiger partial charge in [0.2, 0.25) is 0 Å². The molecule has 1 aromatic carbocycles. The standard InChI is InChI=1S/C14H19NO3/c16-12-8-11(7-10-1-3-15-4-2-10)14-13(9-12)17-5-6-18-14/h8-10,15-16H,1-7H2. The largest absolute Gasteiger partial charge is 0.508 e. The Morgan fingerprint density at radius 1 is 1.17 bits per heavy atom. The quantitative estimate of drug-likeness (QED) is 0.837. The molecule has 0 spiro atoms. The number of aromatic hydroxyl groups is 1. The first-order chi connectivity index (χ1) is 8.83. The second-order valence-electron chi connectivity index (χ2n) is 5.03. The van der Waals surface area contributed by atoms with Crippen LogP contribution in [0.1, 0.15) is 18.4 Å². The zero-order valence-electron chi connectivity index (χ0n) is 10.4. The van der Waals surface area contributed by atoms with E-state index in [1.165, 1.54) is 12.8 Å². The highest BCUT2D eigenvalue weighted by Gasteiger charge is 2.21. The van der Waals surface area contributed by atoms with Crippen molar-refractivity contribution >= 4 is 0 Å². The number of phenols is 1. The molecule has 1 saturated heterocycles. The smallest absolute Gasteiger partial charge is 0.165 e. The van der Waals surface area contributed by atoms with E-state index >= 15 is 0 Å². The summed E-state index contributed by atoms with van der Waals surface area (Å²) in [7, 11) is 0. The fraction of sp³-hybridized carbons (Fsp3) is 0.571. The van der Waals surface area contributed by atoms with Gasteiger partial charge in [0.05, 0.1) is 0 Å². The minimum atomic E-state index is 0.267. The van der Waals surface area contributed by atoms with Crippen molar-refractivity contribution in [1.29, 1.82) is 0 Å². The zero-order chi connectivity index (χ0) is 12.4. The molecule has 0 amide bonds. The maximum atomic E-state index is 9.75. The Labute approximate surface area is 107 Å². The zero-order valence-corrected chi connectivity index (χ0v) is 10.4. The van der Waals surface area contributed by atoms with Crippen LogP contribution in [0.3, 0.4) is 0 Å². The molecule has 3 rings (SSSR count). The summed E-state index contributed by atoms with van der Waals surface area (Å²) in [5.41, 5.74) is 1.08. The third kappa shape index (κ3) is 2.38. The molecular weight excluding hydrogens is 230 g/mol. The summed E-state index contributed by atoms with van der Waals surface area (Å²) in [5.74, 6) is 2.45.